The lowest BCUT2D eigenvalue weighted by Crippen LogP contribution is -2.22. The van der Waals surface area contributed by atoms with Crippen molar-refractivity contribution in [2.75, 3.05) is 6.54 Å². The van der Waals surface area contributed by atoms with Gasteiger partial charge in [0.05, 0.1) is 0 Å². The Bertz CT molecular complexity index is 507. The Kier molecular flexibility index (Phi) is 4.10. The quantitative estimate of drug-likeness (QED) is 0.879. The molecular weight excluding hydrogens is 229 g/mol. The van der Waals surface area contributed by atoms with E-state index >= 15 is 0 Å². The number of benzene rings is 1. The molecule has 0 spiro atoms. The average molecular weight is 247 g/mol. The summed E-state index contributed by atoms with van der Waals surface area (Å²) in [5, 5.41) is 7.44. The maximum absolute atomic E-state index is 13.6. The van der Waals surface area contributed by atoms with E-state index in [1.165, 1.54) is 11.8 Å². The summed E-state index contributed by atoms with van der Waals surface area (Å²) in [6, 6.07) is 8.89. The minimum atomic E-state index is -0.155. The van der Waals surface area contributed by atoms with Gasteiger partial charge in [0.15, 0.2) is 0 Å². The van der Waals surface area contributed by atoms with Gasteiger partial charge in [-0.15, -0.1) is 0 Å². The smallest absolute Gasteiger partial charge is 0.127 e. The van der Waals surface area contributed by atoms with Crippen molar-refractivity contribution in [1.29, 1.82) is 0 Å². The molecule has 18 heavy (non-hydrogen) atoms. The molecule has 1 heterocycles. The van der Waals surface area contributed by atoms with Crippen LogP contribution in [0.1, 0.15) is 24.2 Å². The molecule has 2 rings (SSSR count). The van der Waals surface area contributed by atoms with Gasteiger partial charge < -0.3 is 5.32 Å². The van der Waals surface area contributed by atoms with Crippen LogP contribution in [0.15, 0.2) is 36.5 Å². The highest BCUT2D eigenvalue weighted by atomic mass is 19.1. The third-order valence-electron chi connectivity index (χ3n) is 3.13. The van der Waals surface area contributed by atoms with Gasteiger partial charge in [-0.1, -0.05) is 18.2 Å². The summed E-state index contributed by atoms with van der Waals surface area (Å²) >= 11 is 0. The number of aryl methyl sites for hydroxylation is 1. The topological polar surface area (TPSA) is 29.9 Å². The number of hydrogen-bond acceptors (Lipinski definition) is 2. The lowest BCUT2D eigenvalue weighted by atomic mass is 10.1. The molecule has 0 saturated carbocycles. The van der Waals surface area contributed by atoms with Gasteiger partial charge >= 0.3 is 0 Å². The number of halogens is 1. The third kappa shape index (κ3) is 2.96. The second kappa shape index (κ2) is 5.78. The minimum absolute atomic E-state index is 0.0134. The van der Waals surface area contributed by atoms with Crippen LogP contribution in [0, 0.1) is 5.82 Å². The molecule has 0 saturated heterocycles. The van der Waals surface area contributed by atoms with Gasteiger partial charge in [0.1, 0.15) is 5.82 Å². The molecule has 0 unspecified atom stereocenters. The van der Waals surface area contributed by atoms with Crippen LogP contribution in [-0.2, 0) is 13.5 Å². The predicted molar refractivity (Wildman–Crippen MR) is 69.7 cm³/mol. The van der Waals surface area contributed by atoms with Crippen molar-refractivity contribution >= 4 is 0 Å². The highest BCUT2D eigenvalue weighted by Crippen LogP contribution is 2.15. The van der Waals surface area contributed by atoms with Gasteiger partial charge in [0, 0.05) is 43.5 Å². The number of rotatable bonds is 5. The summed E-state index contributed by atoms with van der Waals surface area (Å²) in [5.74, 6) is -0.155. The van der Waals surface area contributed by atoms with Crippen LogP contribution >= 0.6 is 0 Å². The van der Waals surface area contributed by atoms with Crippen LogP contribution in [0.5, 0.6) is 0 Å². The summed E-state index contributed by atoms with van der Waals surface area (Å²) in [6.45, 7) is 2.77. The number of nitrogens with zero attached hydrogens (tertiary/aromatic N) is 2. The number of nitrogens with one attached hydrogen (secondary N) is 1. The Balaban J connectivity index is 1.87. The molecule has 4 heteroatoms. The fraction of sp³-hybridized carbons (Fsp3) is 0.357. The molecule has 0 bridgehead atoms. The fourth-order valence-electron chi connectivity index (χ4n) is 2.00. The molecule has 3 nitrogen and oxygen atoms in total. The van der Waals surface area contributed by atoms with Gasteiger partial charge in [0.25, 0.3) is 0 Å². The van der Waals surface area contributed by atoms with Gasteiger partial charge in [-0.25, -0.2) is 4.39 Å². The molecule has 2 aromatic rings. The maximum atomic E-state index is 13.6. The zero-order valence-corrected chi connectivity index (χ0v) is 10.7. The van der Waals surface area contributed by atoms with Crippen LogP contribution in [0.4, 0.5) is 4.39 Å². The lowest BCUT2D eigenvalue weighted by Gasteiger charge is -2.14. The van der Waals surface area contributed by atoms with Crippen molar-refractivity contribution < 1.29 is 4.39 Å². The van der Waals surface area contributed by atoms with E-state index < -0.39 is 0 Å². The maximum Gasteiger partial charge on any atom is 0.127 e. The fourth-order valence-corrected chi connectivity index (χ4v) is 2.00. The van der Waals surface area contributed by atoms with Crippen molar-refractivity contribution in [3.8, 4) is 0 Å². The molecule has 0 radical (unpaired) electrons. The van der Waals surface area contributed by atoms with Gasteiger partial charge in [-0.05, 0) is 19.1 Å². The first-order chi connectivity index (χ1) is 8.68. The highest BCUT2D eigenvalue weighted by Gasteiger charge is 2.09. The first kappa shape index (κ1) is 12.8. The van der Waals surface area contributed by atoms with Crippen LogP contribution in [-0.4, -0.2) is 16.3 Å². The van der Waals surface area contributed by atoms with E-state index in [2.05, 4.69) is 10.4 Å². The third-order valence-corrected chi connectivity index (χ3v) is 3.13. The van der Waals surface area contributed by atoms with E-state index in [1.54, 1.807) is 12.3 Å². The van der Waals surface area contributed by atoms with Gasteiger partial charge in [-0.2, -0.15) is 5.10 Å². The molecule has 96 valence electrons. The van der Waals surface area contributed by atoms with E-state index in [-0.39, 0.29) is 11.9 Å². The van der Waals surface area contributed by atoms with Gasteiger partial charge in [0.2, 0.25) is 0 Å². The van der Waals surface area contributed by atoms with Crippen molar-refractivity contribution in [1.82, 2.24) is 15.1 Å². The van der Waals surface area contributed by atoms with Gasteiger partial charge in [-0.3, -0.25) is 4.68 Å². The van der Waals surface area contributed by atoms with E-state index in [0.717, 1.165) is 13.0 Å². The molecule has 1 N–H and O–H groups in total. The standard InChI is InChI=1S/C14H18FN3/c1-11(13-5-3-4-6-14(13)15)16-9-7-12-8-10-17-18(12)2/h3-6,8,10-11,16H,7,9H2,1-2H3/t11-/m1/s1. The van der Waals surface area contributed by atoms with Crippen molar-refractivity contribution in [3.05, 3.63) is 53.6 Å². The SMILES string of the molecule is C[C@@H](NCCc1ccnn1C)c1ccccc1F. The molecular formula is C14H18FN3. The molecule has 0 amide bonds. The molecule has 0 aliphatic rings. The molecule has 0 fully saturated rings. The monoisotopic (exact) mass is 247 g/mol. The van der Waals surface area contributed by atoms with Crippen LogP contribution < -0.4 is 5.32 Å². The first-order valence-corrected chi connectivity index (χ1v) is 6.13. The lowest BCUT2D eigenvalue weighted by molar-refractivity contribution is 0.525. The zero-order valence-electron chi connectivity index (χ0n) is 10.7. The molecule has 0 aliphatic carbocycles. The van der Waals surface area contributed by atoms with Crippen LogP contribution in [0.2, 0.25) is 0 Å². The molecule has 1 aromatic heterocycles. The van der Waals surface area contributed by atoms with Crippen molar-refractivity contribution in [2.24, 2.45) is 7.05 Å². The van der Waals surface area contributed by atoms with E-state index in [0.29, 0.717) is 5.56 Å². The number of hydrogen-bond donors (Lipinski definition) is 1. The average Bonchev–Trinajstić information content (AvgIpc) is 2.75. The zero-order chi connectivity index (χ0) is 13.0. The van der Waals surface area contributed by atoms with E-state index in [9.17, 15) is 4.39 Å². The number of aromatic nitrogens is 2. The molecule has 1 aromatic carbocycles. The van der Waals surface area contributed by atoms with E-state index in [1.807, 2.05) is 36.9 Å². The Morgan fingerprint density at radius 3 is 2.78 bits per heavy atom. The largest absolute Gasteiger partial charge is 0.310 e. The summed E-state index contributed by atoms with van der Waals surface area (Å²) < 4.78 is 15.4. The second-order valence-corrected chi connectivity index (χ2v) is 4.39. The normalized spacial score (nSPS) is 12.6. The van der Waals surface area contributed by atoms with Crippen molar-refractivity contribution in [3.63, 3.8) is 0 Å². The minimum Gasteiger partial charge on any atom is -0.310 e. The second-order valence-electron chi connectivity index (χ2n) is 4.39. The van der Waals surface area contributed by atoms with Crippen LogP contribution in [0.3, 0.4) is 0 Å². The Labute approximate surface area is 107 Å². The summed E-state index contributed by atoms with van der Waals surface area (Å²) in [5.41, 5.74) is 1.88. The molecule has 0 aliphatic heterocycles. The highest BCUT2D eigenvalue weighted by molar-refractivity contribution is 5.20. The van der Waals surface area contributed by atoms with Crippen LogP contribution in [0.25, 0.3) is 0 Å². The van der Waals surface area contributed by atoms with E-state index in [4.69, 9.17) is 0 Å². The van der Waals surface area contributed by atoms with Crippen molar-refractivity contribution in [2.45, 2.75) is 19.4 Å². The summed E-state index contributed by atoms with van der Waals surface area (Å²) in [6.07, 6.45) is 2.67. The Morgan fingerprint density at radius 2 is 2.11 bits per heavy atom. The summed E-state index contributed by atoms with van der Waals surface area (Å²) in [4.78, 5) is 0. The first-order valence-electron chi connectivity index (χ1n) is 6.13. The summed E-state index contributed by atoms with van der Waals surface area (Å²) in [7, 11) is 1.93. The predicted octanol–water partition coefficient (Wildman–Crippen LogP) is 2.45. The Morgan fingerprint density at radius 1 is 1.33 bits per heavy atom. The Hall–Kier alpha value is -1.68. The molecule has 1 atom stereocenters.